The largest absolute Gasteiger partial charge is 0.377 e. The second kappa shape index (κ2) is 5.65. The smallest absolute Gasteiger partial charge is 0.216 e. The number of nitrogens with two attached hydrogens (primary N) is 1. The lowest BCUT2D eigenvalue weighted by atomic mass is 10.1. The van der Waals surface area contributed by atoms with E-state index in [1.54, 1.807) is 4.31 Å². The molecule has 0 aliphatic carbocycles. The molecular formula is C11H22N2O3S. The topological polar surface area (TPSA) is 72.6 Å². The van der Waals surface area contributed by atoms with Crippen molar-refractivity contribution in [3.8, 4) is 0 Å². The minimum atomic E-state index is -3.19. The Balaban J connectivity index is 1.97. The molecule has 100 valence electrons. The maximum Gasteiger partial charge on any atom is 0.216 e. The molecule has 2 aliphatic heterocycles. The molecule has 0 aromatic heterocycles. The van der Waals surface area contributed by atoms with Crippen molar-refractivity contribution in [3.05, 3.63) is 0 Å². The normalized spacial score (nSPS) is 31.8. The quantitative estimate of drug-likeness (QED) is 0.791. The molecular weight excluding hydrogens is 240 g/mol. The summed E-state index contributed by atoms with van der Waals surface area (Å²) in [6.07, 6.45) is 4.67. The van der Waals surface area contributed by atoms with Crippen LogP contribution in [0.5, 0.6) is 0 Å². The third kappa shape index (κ3) is 3.19. The molecule has 0 unspecified atom stereocenters. The first-order valence-corrected chi connectivity index (χ1v) is 8.05. The Morgan fingerprint density at radius 2 is 2.06 bits per heavy atom. The van der Waals surface area contributed by atoms with Crippen LogP contribution in [0.1, 0.15) is 32.1 Å². The number of ether oxygens (including phenoxy) is 1. The van der Waals surface area contributed by atoms with Crippen molar-refractivity contribution in [2.24, 2.45) is 5.73 Å². The van der Waals surface area contributed by atoms with Gasteiger partial charge in [-0.3, -0.25) is 0 Å². The van der Waals surface area contributed by atoms with E-state index in [0.29, 0.717) is 19.7 Å². The molecule has 2 aliphatic rings. The summed E-state index contributed by atoms with van der Waals surface area (Å²) < 4.78 is 31.6. The third-order valence-corrected chi connectivity index (χ3v) is 5.61. The standard InChI is InChI=1S/C11H22N2O3S/c12-8-10-4-3-6-13(10)17(14,15)9-11-5-1-2-7-16-11/h10-11H,1-9,12H2/t10-,11+/m1/s1. The van der Waals surface area contributed by atoms with E-state index in [-0.39, 0.29) is 17.9 Å². The minimum absolute atomic E-state index is 0.00332. The van der Waals surface area contributed by atoms with Crippen molar-refractivity contribution in [2.75, 3.05) is 25.4 Å². The van der Waals surface area contributed by atoms with Crippen LogP contribution in [0.15, 0.2) is 0 Å². The molecule has 17 heavy (non-hydrogen) atoms. The van der Waals surface area contributed by atoms with E-state index >= 15 is 0 Å². The van der Waals surface area contributed by atoms with Gasteiger partial charge in [-0.1, -0.05) is 0 Å². The number of rotatable bonds is 4. The Kier molecular flexibility index (Phi) is 4.41. The number of hydrogen-bond donors (Lipinski definition) is 1. The van der Waals surface area contributed by atoms with E-state index in [2.05, 4.69) is 0 Å². The van der Waals surface area contributed by atoms with Crippen molar-refractivity contribution >= 4 is 10.0 Å². The Bertz CT molecular complexity index is 339. The van der Waals surface area contributed by atoms with E-state index in [4.69, 9.17) is 10.5 Å². The van der Waals surface area contributed by atoms with Crippen molar-refractivity contribution < 1.29 is 13.2 Å². The monoisotopic (exact) mass is 262 g/mol. The molecule has 0 aromatic rings. The average molecular weight is 262 g/mol. The predicted molar refractivity (Wildman–Crippen MR) is 66.2 cm³/mol. The molecule has 0 aromatic carbocycles. The fourth-order valence-electron chi connectivity index (χ4n) is 2.68. The summed E-state index contributed by atoms with van der Waals surface area (Å²) in [5.74, 6) is 0.128. The van der Waals surface area contributed by atoms with Crippen molar-refractivity contribution in [1.29, 1.82) is 0 Å². The maximum absolute atomic E-state index is 12.3. The fraction of sp³-hybridized carbons (Fsp3) is 1.00. The zero-order valence-electron chi connectivity index (χ0n) is 10.2. The molecule has 0 amide bonds. The van der Waals surface area contributed by atoms with Crippen LogP contribution in [0, 0.1) is 0 Å². The highest BCUT2D eigenvalue weighted by molar-refractivity contribution is 7.89. The van der Waals surface area contributed by atoms with Gasteiger partial charge in [-0.05, 0) is 32.1 Å². The van der Waals surface area contributed by atoms with E-state index in [9.17, 15) is 8.42 Å². The molecule has 0 bridgehead atoms. The minimum Gasteiger partial charge on any atom is -0.377 e. The van der Waals surface area contributed by atoms with Crippen LogP contribution >= 0.6 is 0 Å². The summed E-state index contributed by atoms with van der Waals surface area (Å²) in [7, 11) is -3.19. The Morgan fingerprint density at radius 3 is 2.71 bits per heavy atom. The molecule has 0 radical (unpaired) electrons. The highest BCUT2D eigenvalue weighted by Gasteiger charge is 2.35. The molecule has 2 atom stereocenters. The van der Waals surface area contributed by atoms with Crippen LogP contribution in [0.2, 0.25) is 0 Å². The van der Waals surface area contributed by atoms with E-state index in [0.717, 1.165) is 32.1 Å². The third-order valence-electron chi connectivity index (χ3n) is 3.62. The molecule has 6 heteroatoms. The van der Waals surface area contributed by atoms with Crippen molar-refractivity contribution in [2.45, 2.75) is 44.2 Å². The summed E-state index contributed by atoms with van der Waals surface area (Å²) in [5.41, 5.74) is 5.62. The zero-order valence-corrected chi connectivity index (χ0v) is 11.0. The van der Waals surface area contributed by atoms with Gasteiger partial charge in [0.15, 0.2) is 0 Å². The van der Waals surface area contributed by atoms with E-state index in [1.165, 1.54) is 0 Å². The molecule has 2 rings (SSSR count). The lowest BCUT2D eigenvalue weighted by Gasteiger charge is -2.27. The Labute approximate surface area is 103 Å². The molecule has 2 saturated heterocycles. The van der Waals surface area contributed by atoms with Gasteiger partial charge in [0.1, 0.15) is 0 Å². The molecule has 0 saturated carbocycles. The fourth-order valence-corrected chi connectivity index (χ4v) is 4.66. The molecule has 2 N–H and O–H groups in total. The Hall–Kier alpha value is -0.170. The number of sulfonamides is 1. The van der Waals surface area contributed by atoms with Crippen molar-refractivity contribution in [3.63, 3.8) is 0 Å². The van der Waals surface area contributed by atoms with Gasteiger partial charge < -0.3 is 10.5 Å². The predicted octanol–water partition coefficient (Wildman–Crippen LogP) is 0.308. The van der Waals surface area contributed by atoms with Gasteiger partial charge in [-0.2, -0.15) is 4.31 Å². The van der Waals surface area contributed by atoms with Crippen LogP contribution < -0.4 is 5.73 Å². The summed E-state index contributed by atoms with van der Waals surface area (Å²) in [6, 6.07) is 0.00332. The van der Waals surface area contributed by atoms with Gasteiger partial charge in [0.2, 0.25) is 10.0 Å². The average Bonchev–Trinajstić information content (AvgIpc) is 2.78. The van der Waals surface area contributed by atoms with Gasteiger partial charge >= 0.3 is 0 Å². The first kappa shape index (κ1) is 13.3. The Morgan fingerprint density at radius 1 is 1.24 bits per heavy atom. The molecule has 0 spiro atoms. The number of nitrogens with zero attached hydrogens (tertiary/aromatic N) is 1. The summed E-state index contributed by atoms with van der Waals surface area (Å²) >= 11 is 0. The summed E-state index contributed by atoms with van der Waals surface area (Å²) in [4.78, 5) is 0. The van der Waals surface area contributed by atoms with Gasteiger partial charge in [-0.25, -0.2) is 8.42 Å². The molecule has 2 fully saturated rings. The summed E-state index contributed by atoms with van der Waals surface area (Å²) in [5, 5.41) is 0. The second-order valence-electron chi connectivity index (χ2n) is 4.91. The zero-order chi connectivity index (χ0) is 12.3. The van der Waals surface area contributed by atoms with Crippen LogP contribution in [0.25, 0.3) is 0 Å². The number of hydrogen-bond acceptors (Lipinski definition) is 4. The van der Waals surface area contributed by atoms with Crippen LogP contribution in [0.4, 0.5) is 0 Å². The van der Waals surface area contributed by atoms with Gasteiger partial charge in [0.05, 0.1) is 11.9 Å². The van der Waals surface area contributed by atoms with E-state index < -0.39 is 10.0 Å². The lowest BCUT2D eigenvalue weighted by molar-refractivity contribution is 0.0298. The second-order valence-corrected chi connectivity index (χ2v) is 6.88. The van der Waals surface area contributed by atoms with E-state index in [1.807, 2.05) is 0 Å². The highest BCUT2D eigenvalue weighted by Crippen LogP contribution is 2.23. The summed E-state index contributed by atoms with van der Waals surface area (Å²) in [6.45, 7) is 1.74. The van der Waals surface area contributed by atoms with Gasteiger partial charge in [0.25, 0.3) is 0 Å². The molecule has 2 heterocycles. The van der Waals surface area contributed by atoms with Gasteiger partial charge in [-0.15, -0.1) is 0 Å². The van der Waals surface area contributed by atoms with Crippen molar-refractivity contribution in [1.82, 2.24) is 4.31 Å². The molecule has 5 nitrogen and oxygen atoms in total. The maximum atomic E-state index is 12.3. The van der Waals surface area contributed by atoms with Gasteiger partial charge in [0, 0.05) is 25.7 Å². The highest BCUT2D eigenvalue weighted by atomic mass is 32.2. The lowest BCUT2D eigenvalue weighted by Crippen LogP contribution is -2.43. The van der Waals surface area contributed by atoms with Crippen LogP contribution in [0.3, 0.4) is 0 Å². The SMILES string of the molecule is NC[C@H]1CCCN1S(=O)(=O)C[C@@H]1CCCCO1. The first-order chi connectivity index (χ1) is 8.13. The van der Waals surface area contributed by atoms with Crippen LogP contribution in [-0.4, -0.2) is 50.3 Å². The van der Waals surface area contributed by atoms with Crippen LogP contribution in [-0.2, 0) is 14.8 Å². The first-order valence-electron chi connectivity index (χ1n) is 6.44.